The predicted octanol–water partition coefficient (Wildman–Crippen LogP) is 3.16. The topological polar surface area (TPSA) is 86.6 Å². The molecule has 2 aromatic rings. The molecule has 2 aromatic carbocycles. The molecule has 0 aliphatic carbocycles. The molecule has 0 aromatic heterocycles. The van der Waals surface area contributed by atoms with E-state index in [0.29, 0.717) is 30.2 Å². The number of hydrogen-bond acceptors (Lipinski definition) is 6. The summed E-state index contributed by atoms with van der Waals surface area (Å²) in [6, 6.07) is 14.7. The van der Waals surface area contributed by atoms with Gasteiger partial charge < -0.3 is 24.2 Å². The summed E-state index contributed by atoms with van der Waals surface area (Å²) in [5, 5.41) is 13.2. The second-order valence-corrected chi connectivity index (χ2v) is 5.87. The van der Waals surface area contributed by atoms with E-state index in [-0.39, 0.29) is 6.61 Å². The third-order valence-corrected chi connectivity index (χ3v) is 3.97. The Morgan fingerprint density at radius 1 is 1.11 bits per heavy atom. The Labute approximate surface area is 164 Å². The molecule has 0 saturated carbocycles. The van der Waals surface area contributed by atoms with Crippen molar-refractivity contribution < 1.29 is 28.9 Å². The summed E-state index contributed by atoms with van der Waals surface area (Å²) < 4.78 is 16.3. The minimum Gasteiger partial charge on any atom is -0.497 e. The summed E-state index contributed by atoms with van der Waals surface area (Å²) in [4.78, 5) is 16.1. The van der Waals surface area contributed by atoms with Crippen LogP contribution in [0.1, 0.15) is 18.1 Å². The summed E-state index contributed by atoms with van der Waals surface area (Å²) in [6.07, 6.45) is -0.561. The molecule has 1 unspecified atom stereocenters. The van der Waals surface area contributed by atoms with E-state index in [1.54, 1.807) is 26.2 Å². The van der Waals surface area contributed by atoms with Crippen LogP contribution >= 0.6 is 0 Å². The van der Waals surface area contributed by atoms with Gasteiger partial charge in [0.25, 0.3) is 0 Å². The molecule has 0 aliphatic rings. The van der Waals surface area contributed by atoms with Gasteiger partial charge in [-0.1, -0.05) is 29.4 Å². The smallest absolute Gasteiger partial charge is 0.333 e. The number of carbonyl (C=O) groups is 1. The van der Waals surface area contributed by atoms with E-state index in [0.717, 1.165) is 11.1 Å². The average molecular weight is 387 g/mol. The fourth-order valence-corrected chi connectivity index (χ4v) is 2.58. The van der Waals surface area contributed by atoms with E-state index in [1.165, 1.54) is 7.11 Å². The first-order valence-corrected chi connectivity index (χ1v) is 8.88. The lowest BCUT2D eigenvalue weighted by Crippen LogP contribution is -2.26. The third kappa shape index (κ3) is 6.28. The van der Waals surface area contributed by atoms with Crippen molar-refractivity contribution in [1.29, 1.82) is 0 Å². The molecule has 0 spiro atoms. The summed E-state index contributed by atoms with van der Waals surface area (Å²) >= 11 is 0. The Morgan fingerprint density at radius 2 is 1.86 bits per heavy atom. The standard InChI is InChI=1S/C21H25NO6/c1-4-27-20(21(23)24)12-15-8-10-17(11-9-15)28-14-19(22-26-3)16-6-5-7-18(13-16)25-2/h5-11,13,20H,4,12,14H2,1-3H3,(H,23,24)/b22-19+. The summed E-state index contributed by atoms with van der Waals surface area (Å²) in [7, 11) is 3.08. The monoisotopic (exact) mass is 387 g/mol. The van der Waals surface area contributed by atoms with Crippen LogP contribution < -0.4 is 9.47 Å². The summed E-state index contributed by atoms with van der Waals surface area (Å²) in [6.45, 7) is 2.33. The maximum atomic E-state index is 11.2. The highest BCUT2D eigenvalue weighted by atomic mass is 16.6. The van der Waals surface area contributed by atoms with Crippen molar-refractivity contribution in [3.63, 3.8) is 0 Å². The molecule has 150 valence electrons. The van der Waals surface area contributed by atoms with Crippen molar-refractivity contribution in [2.75, 3.05) is 27.4 Å². The molecule has 0 amide bonds. The van der Waals surface area contributed by atoms with E-state index in [4.69, 9.17) is 19.0 Å². The van der Waals surface area contributed by atoms with Gasteiger partial charge in [0.2, 0.25) is 0 Å². The minimum absolute atomic E-state index is 0.205. The second kappa shape index (κ2) is 10.9. The van der Waals surface area contributed by atoms with Gasteiger partial charge in [0.15, 0.2) is 6.10 Å². The Bertz CT molecular complexity index is 788. The molecule has 0 radical (unpaired) electrons. The first-order valence-electron chi connectivity index (χ1n) is 8.88. The Kier molecular flexibility index (Phi) is 8.30. The van der Waals surface area contributed by atoms with Gasteiger partial charge in [0, 0.05) is 18.6 Å². The molecule has 7 heteroatoms. The number of aliphatic carboxylic acids is 1. The maximum Gasteiger partial charge on any atom is 0.333 e. The Balaban J connectivity index is 2.02. The zero-order valence-corrected chi connectivity index (χ0v) is 16.3. The molecule has 28 heavy (non-hydrogen) atoms. The number of methoxy groups -OCH3 is 1. The van der Waals surface area contributed by atoms with Gasteiger partial charge >= 0.3 is 5.97 Å². The molecule has 2 rings (SSSR count). The number of ether oxygens (including phenoxy) is 3. The van der Waals surface area contributed by atoms with Crippen molar-refractivity contribution in [3.05, 3.63) is 59.7 Å². The predicted molar refractivity (Wildman–Crippen MR) is 105 cm³/mol. The lowest BCUT2D eigenvalue weighted by Gasteiger charge is -2.13. The number of nitrogens with zero attached hydrogens (tertiary/aromatic N) is 1. The number of hydrogen-bond donors (Lipinski definition) is 1. The lowest BCUT2D eigenvalue weighted by atomic mass is 10.1. The third-order valence-electron chi connectivity index (χ3n) is 3.97. The number of benzene rings is 2. The molecular weight excluding hydrogens is 362 g/mol. The largest absolute Gasteiger partial charge is 0.497 e. The van der Waals surface area contributed by atoms with Crippen LogP contribution in [-0.2, 0) is 20.8 Å². The van der Waals surface area contributed by atoms with Crippen molar-refractivity contribution in [2.45, 2.75) is 19.4 Å². The molecule has 1 atom stereocenters. The Morgan fingerprint density at radius 3 is 2.46 bits per heavy atom. The SMILES string of the molecule is CCOC(Cc1ccc(OC/C(=N\OC)c2cccc(OC)c2)cc1)C(=O)O. The highest BCUT2D eigenvalue weighted by Gasteiger charge is 2.17. The molecule has 0 heterocycles. The number of carboxylic acid groups (broad SMARTS) is 1. The fraction of sp³-hybridized carbons (Fsp3) is 0.333. The molecule has 0 aliphatic heterocycles. The van der Waals surface area contributed by atoms with Crippen LogP contribution in [0.25, 0.3) is 0 Å². The van der Waals surface area contributed by atoms with Gasteiger partial charge in [0.1, 0.15) is 30.9 Å². The molecule has 0 bridgehead atoms. The first kappa shape index (κ1) is 21.2. The van der Waals surface area contributed by atoms with Crippen LogP contribution in [0.3, 0.4) is 0 Å². The van der Waals surface area contributed by atoms with Crippen molar-refractivity contribution in [2.24, 2.45) is 5.16 Å². The van der Waals surface area contributed by atoms with Gasteiger partial charge in [-0.05, 0) is 36.8 Å². The van der Waals surface area contributed by atoms with Crippen LogP contribution in [0.15, 0.2) is 53.7 Å². The van der Waals surface area contributed by atoms with Gasteiger partial charge in [0.05, 0.1) is 7.11 Å². The fourth-order valence-electron chi connectivity index (χ4n) is 2.58. The quantitative estimate of drug-likeness (QED) is 0.471. The van der Waals surface area contributed by atoms with Gasteiger partial charge in [-0.2, -0.15) is 0 Å². The highest BCUT2D eigenvalue weighted by molar-refractivity contribution is 6.01. The maximum absolute atomic E-state index is 11.2. The van der Waals surface area contributed by atoms with Crippen molar-refractivity contribution in [3.8, 4) is 11.5 Å². The van der Waals surface area contributed by atoms with Crippen LogP contribution in [0.4, 0.5) is 0 Å². The molecule has 1 N–H and O–H groups in total. The summed E-state index contributed by atoms with van der Waals surface area (Å²) in [5.41, 5.74) is 2.30. The van der Waals surface area contributed by atoms with Crippen LogP contribution in [0, 0.1) is 0 Å². The van der Waals surface area contributed by atoms with Crippen LogP contribution in [-0.4, -0.2) is 50.3 Å². The zero-order chi connectivity index (χ0) is 20.4. The lowest BCUT2D eigenvalue weighted by molar-refractivity contribution is -0.149. The first-order chi connectivity index (χ1) is 13.6. The van der Waals surface area contributed by atoms with E-state index < -0.39 is 12.1 Å². The number of carboxylic acids is 1. The molecule has 0 fully saturated rings. The minimum atomic E-state index is -0.971. The van der Waals surface area contributed by atoms with E-state index >= 15 is 0 Å². The van der Waals surface area contributed by atoms with E-state index in [1.807, 2.05) is 36.4 Å². The van der Waals surface area contributed by atoms with Crippen molar-refractivity contribution in [1.82, 2.24) is 0 Å². The molecule has 0 saturated heterocycles. The van der Waals surface area contributed by atoms with E-state index in [2.05, 4.69) is 5.16 Å². The van der Waals surface area contributed by atoms with Crippen LogP contribution in [0.5, 0.6) is 11.5 Å². The second-order valence-electron chi connectivity index (χ2n) is 5.87. The number of rotatable bonds is 11. The normalized spacial score (nSPS) is 12.3. The molecular formula is C21H25NO6. The Hall–Kier alpha value is -3.06. The van der Waals surface area contributed by atoms with Crippen LogP contribution in [0.2, 0.25) is 0 Å². The van der Waals surface area contributed by atoms with E-state index in [9.17, 15) is 9.90 Å². The number of oxime groups is 1. The zero-order valence-electron chi connectivity index (χ0n) is 16.3. The van der Waals surface area contributed by atoms with Gasteiger partial charge in [-0.15, -0.1) is 0 Å². The van der Waals surface area contributed by atoms with Gasteiger partial charge in [-0.3, -0.25) is 0 Å². The van der Waals surface area contributed by atoms with Gasteiger partial charge in [-0.25, -0.2) is 4.79 Å². The average Bonchev–Trinajstić information content (AvgIpc) is 2.71. The molecule has 7 nitrogen and oxygen atoms in total. The highest BCUT2D eigenvalue weighted by Crippen LogP contribution is 2.17. The van der Waals surface area contributed by atoms with Crippen molar-refractivity contribution >= 4 is 11.7 Å². The summed E-state index contributed by atoms with van der Waals surface area (Å²) in [5.74, 6) is 0.382.